The highest BCUT2D eigenvalue weighted by Crippen LogP contribution is 2.43. The molecule has 7 heterocycles. The molecule has 0 aliphatic carbocycles. The number of hydrogen-bond acceptors (Lipinski definition) is 12. The zero-order chi connectivity index (χ0) is 38.7. The Bertz CT molecular complexity index is 1630. The zero-order valence-corrected chi connectivity index (χ0v) is 32.9. The van der Waals surface area contributed by atoms with Gasteiger partial charge in [-0.25, -0.2) is 0 Å². The van der Waals surface area contributed by atoms with Crippen LogP contribution in [0.3, 0.4) is 0 Å². The summed E-state index contributed by atoms with van der Waals surface area (Å²) in [6.45, 7) is 3.43. The minimum absolute atomic E-state index is 0.00225. The number of carbonyl (C=O) groups excluding carboxylic acids is 2. The molecule has 9 rings (SSSR count). The fourth-order valence-corrected chi connectivity index (χ4v) is 10.2. The highest BCUT2D eigenvalue weighted by Gasteiger charge is 2.52. The summed E-state index contributed by atoms with van der Waals surface area (Å²) in [5.74, 6) is -0.395. The summed E-state index contributed by atoms with van der Waals surface area (Å²) in [6, 6.07) is 20.1. The number of carbonyl (C=O) groups is 2. The highest BCUT2D eigenvalue weighted by atomic mass is 16.6. The van der Waals surface area contributed by atoms with E-state index < -0.39 is 24.3 Å². The quantitative estimate of drug-likeness (QED) is 0.279. The summed E-state index contributed by atoms with van der Waals surface area (Å²) in [5, 5.41) is 0. The molecule has 15 atom stereocenters. The summed E-state index contributed by atoms with van der Waals surface area (Å²) in [4.78, 5) is 26.3. The third-order valence-corrected chi connectivity index (χ3v) is 13.0. The molecule has 0 aromatic heterocycles. The molecular weight excluding hydrogens is 732 g/mol. The summed E-state index contributed by atoms with van der Waals surface area (Å²) in [7, 11) is 0. The molecule has 2 aromatic carbocycles. The third kappa shape index (κ3) is 9.50. The number of benzene rings is 2. The van der Waals surface area contributed by atoms with Crippen LogP contribution in [0.2, 0.25) is 0 Å². The second-order valence-electron chi connectivity index (χ2n) is 17.0. The van der Waals surface area contributed by atoms with E-state index in [0.717, 1.165) is 49.8 Å². The molecule has 2 aromatic rings. The lowest BCUT2D eigenvalue weighted by molar-refractivity contribution is -0.269. The van der Waals surface area contributed by atoms with Gasteiger partial charge < -0.3 is 47.4 Å². The molecule has 0 bridgehead atoms. The number of esters is 1. The zero-order valence-electron chi connectivity index (χ0n) is 32.9. The Morgan fingerprint density at radius 3 is 1.95 bits per heavy atom. The topological polar surface area (TPSA) is 126 Å². The predicted molar refractivity (Wildman–Crippen MR) is 204 cm³/mol. The molecule has 0 radical (unpaired) electrons. The second kappa shape index (κ2) is 18.2. The van der Waals surface area contributed by atoms with Gasteiger partial charge in [0.1, 0.15) is 18.3 Å². The van der Waals surface area contributed by atoms with Gasteiger partial charge in [0.2, 0.25) is 0 Å². The number of hydrogen-bond donors (Lipinski definition) is 0. The lowest BCUT2D eigenvalue weighted by Gasteiger charge is -2.48. The molecule has 12 heteroatoms. The monoisotopic (exact) mass is 790 g/mol. The van der Waals surface area contributed by atoms with E-state index in [9.17, 15) is 9.59 Å². The molecule has 7 aliphatic rings. The average Bonchev–Trinajstić information content (AvgIpc) is 3.49. The van der Waals surface area contributed by atoms with Crippen LogP contribution in [-0.4, -0.2) is 117 Å². The molecule has 57 heavy (non-hydrogen) atoms. The third-order valence-electron chi connectivity index (χ3n) is 13.0. The van der Waals surface area contributed by atoms with Gasteiger partial charge in [-0.1, -0.05) is 60.7 Å². The van der Waals surface area contributed by atoms with Crippen molar-refractivity contribution in [3.8, 4) is 0 Å². The normalized spacial score (nSPS) is 40.5. The molecule has 0 saturated carbocycles. The summed E-state index contributed by atoms with van der Waals surface area (Å²) in [6.07, 6.45) is 3.62. The first kappa shape index (κ1) is 39.7. The Hall–Kier alpha value is -2.78. The van der Waals surface area contributed by atoms with Gasteiger partial charge in [-0.3, -0.25) is 9.59 Å². The molecular formula is C45H58O12. The van der Waals surface area contributed by atoms with Crippen LogP contribution in [0.5, 0.6) is 0 Å². The summed E-state index contributed by atoms with van der Waals surface area (Å²) < 4.78 is 65.0. The second-order valence-corrected chi connectivity index (χ2v) is 17.0. The Morgan fingerprint density at radius 2 is 1.19 bits per heavy atom. The fourth-order valence-electron chi connectivity index (χ4n) is 10.2. The predicted octanol–water partition coefficient (Wildman–Crippen LogP) is 5.58. The minimum atomic E-state index is -0.751. The number of Topliss-reactive ketones (excluding diaryl/α,β-unsaturated/α-hetero) is 1. The number of ether oxygens (including phenoxy) is 10. The average molecular weight is 791 g/mol. The van der Waals surface area contributed by atoms with Crippen LogP contribution in [0.4, 0.5) is 0 Å². The van der Waals surface area contributed by atoms with Gasteiger partial charge in [-0.15, -0.1) is 0 Å². The van der Waals surface area contributed by atoms with Crippen LogP contribution in [0.15, 0.2) is 60.7 Å². The first-order chi connectivity index (χ1) is 27.9. The smallest absolute Gasteiger partial charge is 0.302 e. The number of fused-ring (bicyclic) bond motifs is 5. The van der Waals surface area contributed by atoms with Crippen molar-refractivity contribution in [1.29, 1.82) is 0 Å². The van der Waals surface area contributed by atoms with E-state index in [4.69, 9.17) is 47.4 Å². The minimum Gasteiger partial charge on any atom is -0.460 e. The van der Waals surface area contributed by atoms with Crippen molar-refractivity contribution < 1.29 is 57.0 Å². The van der Waals surface area contributed by atoms with Crippen molar-refractivity contribution in [2.75, 3.05) is 13.2 Å². The van der Waals surface area contributed by atoms with Gasteiger partial charge in [0, 0.05) is 52.1 Å². The molecule has 0 N–H and O–H groups in total. The molecule has 0 amide bonds. The SMILES string of the molecule is CC(=O)O[C@H]1C[C@H]2O[C@H]3CC[C@H]4O[C@H]5CCCO[C@@H]5C[C@@H]4O[C@@H]3C[C@@H]2O[C@@H]1C[C@@H]1O[C@@H]2C[C@H](OCc3ccccc3)[C@@H](COCc3ccccc3)O[C@H]2CCC1=O. The Kier molecular flexibility index (Phi) is 12.7. The van der Waals surface area contributed by atoms with Crippen LogP contribution in [0.25, 0.3) is 0 Å². The molecule has 0 unspecified atom stereocenters. The fraction of sp³-hybridized carbons (Fsp3) is 0.689. The molecule has 7 aliphatic heterocycles. The van der Waals surface area contributed by atoms with Crippen molar-refractivity contribution >= 4 is 11.8 Å². The standard InChI is InChI=1S/C45H58O12/c1-27(46)51-41-23-43-44(22-40-34(53-43)17-16-33-39(56-40)20-36-31(52-33)13-8-18-49-36)57-42(41)19-35-30(47)14-15-32-38(55-35)21-37(50-25-29-11-6-3-7-12-29)45(54-32)26-48-24-28-9-4-2-5-10-28/h2-7,9-12,31-45H,8,13-26H2,1H3/t31-,32-,33+,34-,35-,36+,37-,38+,39-,40+,41-,42+,43+,44-,45+/m0/s1. The first-order valence-corrected chi connectivity index (χ1v) is 21.4. The van der Waals surface area contributed by atoms with Crippen molar-refractivity contribution in [2.45, 2.75) is 182 Å². The molecule has 12 nitrogen and oxygen atoms in total. The van der Waals surface area contributed by atoms with Crippen molar-refractivity contribution in [2.24, 2.45) is 0 Å². The lowest BCUT2D eigenvalue weighted by Crippen LogP contribution is -2.58. The van der Waals surface area contributed by atoms with Gasteiger partial charge in [0.15, 0.2) is 5.78 Å². The van der Waals surface area contributed by atoms with Crippen LogP contribution < -0.4 is 0 Å². The van der Waals surface area contributed by atoms with Gasteiger partial charge in [0.05, 0.1) is 93.1 Å². The molecule has 310 valence electrons. The maximum absolute atomic E-state index is 13.8. The highest BCUT2D eigenvalue weighted by molar-refractivity contribution is 5.83. The van der Waals surface area contributed by atoms with Gasteiger partial charge in [-0.2, -0.15) is 0 Å². The maximum atomic E-state index is 13.8. The number of ketones is 1. The number of rotatable bonds is 10. The summed E-state index contributed by atoms with van der Waals surface area (Å²) in [5.41, 5.74) is 2.15. The van der Waals surface area contributed by atoms with E-state index >= 15 is 0 Å². The Labute approximate surface area is 335 Å². The van der Waals surface area contributed by atoms with Crippen LogP contribution >= 0.6 is 0 Å². The lowest BCUT2D eigenvalue weighted by atomic mass is 9.87. The molecule has 0 spiro atoms. The largest absolute Gasteiger partial charge is 0.460 e. The first-order valence-electron chi connectivity index (χ1n) is 21.4. The van der Waals surface area contributed by atoms with E-state index in [0.29, 0.717) is 51.9 Å². The van der Waals surface area contributed by atoms with Crippen LogP contribution in [0, 0.1) is 0 Å². The van der Waals surface area contributed by atoms with Crippen molar-refractivity contribution in [3.05, 3.63) is 71.8 Å². The van der Waals surface area contributed by atoms with E-state index in [1.54, 1.807) is 0 Å². The van der Waals surface area contributed by atoms with Crippen molar-refractivity contribution in [1.82, 2.24) is 0 Å². The van der Waals surface area contributed by atoms with E-state index in [1.807, 2.05) is 60.7 Å². The van der Waals surface area contributed by atoms with Crippen LogP contribution in [-0.2, 0) is 70.2 Å². The van der Waals surface area contributed by atoms with Crippen molar-refractivity contribution in [3.63, 3.8) is 0 Å². The molecule has 7 saturated heterocycles. The van der Waals surface area contributed by atoms with E-state index in [-0.39, 0.29) is 85.5 Å². The van der Waals surface area contributed by atoms with Gasteiger partial charge in [0.25, 0.3) is 0 Å². The van der Waals surface area contributed by atoms with E-state index in [1.165, 1.54) is 6.92 Å². The summed E-state index contributed by atoms with van der Waals surface area (Å²) >= 11 is 0. The van der Waals surface area contributed by atoms with Gasteiger partial charge in [-0.05, 0) is 43.2 Å². The van der Waals surface area contributed by atoms with E-state index in [2.05, 4.69) is 0 Å². The van der Waals surface area contributed by atoms with Gasteiger partial charge >= 0.3 is 5.97 Å². The Balaban J connectivity index is 0.863. The Morgan fingerprint density at radius 1 is 0.614 bits per heavy atom. The maximum Gasteiger partial charge on any atom is 0.302 e. The van der Waals surface area contributed by atoms with Crippen LogP contribution in [0.1, 0.15) is 88.7 Å². The molecule has 7 fully saturated rings.